The molecule has 0 radical (unpaired) electrons. The van der Waals surface area contributed by atoms with E-state index in [9.17, 15) is 5.11 Å². The van der Waals surface area contributed by atoms with Crippen molar-refractivity contribution in [2.24, 2.45) is 5.92 Å². The van der Waals surface area contributed by atoms with E-state index in [0.717, 1.165) is 23.8 Å². The molecule has 1 aromatic rings. The molecule has 1 N–H and O–H groups in total. The summed E-state index contributed by atoms with van der Waals surface area (Å²) in [6.07, 6.45) is 7.52. The molecule has 1 aromatic carbocycles. The van der Waals surface area contributed by atoms with E-state index in [1.807, 2.05) is 19.1 Å². The van der Waals surface area contributed by atoms with Crippen molar-refractivity contribution in [3.05, 3.63) is 23.8 Å². The zero-order valence-electron chi connectivity index (χ0n) is 13.2. The van der Waals surface area contributed by atoms with Crippen LogP contribution in [0.1, 0.15) is 57.1 Å². The lowest BCUT2D eigenvalue weighted by Crippen LogP contribution is -2.47. The molecule has 3 atom stereocenters. The van der Waals surface area contributed by atoms with Crippen molar-refractivity contribution in [1.82, 2.24) is 0 Å². The lowest BCUT2D eigenvalue weighted by molar-refractivity contribution is 0.192. The normalized spacial score (nSPS) is 27.1. The third-order valence-electron chi connectivity index (χ3n) is 5.23. The number of aliphatic hydroxyl groups is 1. The molecule has 2 fully saturated rings. The minimum absolute atomic E-state index is 0.500. The molecule has 1 aliphatic heterocycles. The first kappa shape index (κ1) is 14.7. The highest BCUT2D eigenvalue weighted by Gasteiger charge is 2.34. The Hall–Kier alpha value is -1.22. The summed E-state index contributed by atoms with van der Waals surface area (Å²) >= 11 is 0. The first-order valence-corrected chi connectivity index (χ1v) is 8.34. The summed E-state index contributed by atoms with van der Waals surface area (Å²) < 4.78 is 5.49. The minimum atomic E-state index is -0.500. The van der Waals surface area contributed by atoms with E-state index in [2.05, 4.69) is 11.0 Å². The summed E-state index contributed by atoms with van der Waals surface area (Å²) in [6.45, 7) is 2.94. The van der Waals surface area contributed by atoms with E-state index < -0.39 is 6.10 Å². The lowest BCUT2D eigenvalue weighted by Gasteiger charge is -2.46. The zero-order valence-corrected chi connectivity index (χ0v) is 13.2. The van der Waals surface area contributed by atoms with Crippen molar-refractivity contribution < 1.29 is 9.84 Å². The number of rotatable bonds is 3. The average Bonchev–Trinajstić information content (AvgIpc) is 2.53. The van der Waals surface area contributed by atoms with Crippen molar-refractivity contribution in [3.8, 4) is 5.75 Å². The maximum Gasteiger partial charge on any atom is 0.126 e. The number of nitrogens with zero attached hydrogens (tertiary/aromatic N) is 1. The minimum Gasteiger partial charge on any atom is -0.496 e. The Balaban J connectivity index is 1.98. The average molecular weight is 289 g/mol. The van der Waals surface area contributed by atoms with Gasteiger partial charge >= 0.3 is 0 Å². The standard InChI is InChI=1S/C18H27NO2/c1-13(20)18-16(10-5-11-17(18)21-2)19-12-6-8-14-7-3-4-9-15(14)19/h5,10-11,13-15,20H,3-4,6-9,12H2,1-2H3/t13-,14-,15-/m1/s1. The zero-order chi connectivity index (χ0) is 14.8. The fourth-order valence-electron chi connectivity index (χ4n) is 4.30. The molecule has 3 nitrogen and oxygen atoms in total. The van der Waals surface area contributed by atoms with Gasteiger partial charge in [-0.05, 0) is 50.7 Å². The van der Waals surface area contributed by atoms with Crippen LogP contribution in [0.4, 0.5) is 5.69 Å². The van der Waals surface area contributed by atoms with Crippen LogP contribution in [-0.4, -0.2) is 24.8 Å². The van der Waals surface area contributed by atoms with Crippen LogP contribution >= 0.6 is 0 Å². The van der Waals surface area contributed by atoms with Crippen LogP contribution in [0, 0.1) is 5.92 Å². The first-order chi connectivity index (χ1) is 10.2. The van der Waals surface area contributed by atoms with Crippen LogP contribution in [0.5, 0.6) is 5.75 Å². The Morgan fingerprint density at radius 3 is 2.71 bits per heavy atom. The summed E-state index contributed by atoms with van der Waals surface area (Å²) in [5.74, 6) is 1.64. The number of aliphatic hydroxyl groups excluding tert-OH is 1. The van der Waals surface area contributed by atoms with E-state index in [1.165, 1.54) is 44.2 Å². The highest BCUT2D eigenvalue weighted by atomic mass is 16.5. The van der Waals surface area contributed by atoms with E-state index in [1.54, 1.807) is 7.11 Å². The van der Waals surface area contributed by atoms with Crippen molar-refractivity contribution in [2.75, 3.05) is 18.6 Å². The van der Waals surface area contributed by atoms with Crippen molar-refractivity contribution in [1.29, 1.82) is 0 Å². The molecule has 0 unspecified atom stereocenters. The van der Waals surface area contributed by atoms with Gasteiger partial charge in [-0.25, -0.2) is 0 Å². The highest BCUT2D eigenvalue weighted by Crippen LogP contribution is 2.42. The van der Waals surface area contributed by atoms with Gasteiger partial charge in [-0.15, -0.1) is 0 Å². The Morgan fingerprint density at radius 2 is 1.95 bits per heavy atom. The van der Waals surface area contributed by atoms with Gasteiger partial charge in [-0.1, -0.05) is 18.9 Å². The van der Waals surface area contributed by atoms with Gasteiger partial charge < -0.3 is 14.7 Å². The van der Waals surface area contributed by atoms with Gasteiger partial charge in [-0.2, -0.15) is 0 Å². The molecule has 2 aliphatic rings. The quantitative estimate of drug-likeness (QED) is 0.916. The number of benzene rings is 1. The van der Waals surface area contributed by atoms with Crippen molar-refractivity contribution in [2.45, 2.75) is 57.6 Å². The van der Waals surface area contributed by atoms with Crippen LogP contribution < -0.4 is 9.64 Å². The monoisotopic (exact) mass is 289 g/mol. The van der Waals surface area contributed by atoms with Gasteiger partial charge in [0.05, 0.1) is 13.2 Å². The van der Waals surface area contributed by atoms with Gasteiger partial charge in [0.15, 0.2) is 0 Å². The largest absolute Gasteiger partial charge is 0.496 e. The molecular weight excluding hydrogens is 262 g/mol. The number of fused-ring (bicyclic) bond motifs is 1. The van der Waals surface area contributed by atoms with Gasteiger partial charge in [0.1, 0.15) is 5.75 Å². The smallest absolute Gasteiger partial charge is 0.126 e. The molecule has 0 amide bonds. The van der Waals surface area contributed by atoms with E-state index >= 15 is 0 Å². The molecule has 0 bridgehead atoms. The molecular formula is C18H27NO2. The molecule has 1 saturated carbocycles. The second kappa shape index (κ2) is 6.27. The molecule has 3 heteroatoms. The van der Waals surface area contributed by atoms with Gasteiger partial charge in [0, 0.05) is 23.8 Å². The number of ether oxygens (including phenoxy) is 1. The summed E-state index contributed by atoms with van der Waals surface area (Å²) in [6, 6.07) is 6.80. The summed E-state index contributed by atoms with van der Waals surface area (Å²) in [5, 5.41) is 10.2. The molecule has 1 heterocycles. The lowest BCUT2D eigenvalue weighted by atomic mass is 9.78. The number of anilines is 1. The van der Waals surface area contributed by atoms with Gasteiger partial charge in [0.25, 0.3) is 0 Å². The predicted octanol–water partition coefficient (Wildman–Crippen LogP) is 3.91. The molecule has 1 saturated heterocycles. The van der Waals surface area contributed by atoms with Crippen LogP contribution in [0.15, 0.2) is 18.2 Å². The van der Waals surface area contributed by atoms with Crippen LogP contribution in [0.25, 0.3) is 0 Å². The maximum absolute atomic E-state index is 10.2. The van der Waals surface area contributed by atoms with Crippen molar-refractivity contribution >= 4 is 5.69 Å². The van der Waals surface area contributed by atoms with E-state index in [4.69, 9.17) is 4.74 Å². The van der Waals surface area contributed by atoms with Gasteiger partial charge in [-0.3, -0.25) is 0 Å². The molecule has 3 rings (SSSR count). The van der Waals surface area contributed by atoms with Crippen LogP contribution in [-0.2, 0) is 0 Å². The Kier molecular flexibility index (Phi) is 4.39. The maximum atomic E-state index is 10.2. The first-order valence-electron chi connectivity index (χ1n) is 8.34. The fourth-order valence-corrected chi connectivity index (χ4v) is 4.30. The van der Waals surface area contributed by atoms with Crippen molar-refractivity contribution in [3.63, 3.8) is 0 Å². The molecule has 21 heavy (non-hydrogen) atoms. The highest BCUT2D eigenvalue weighted by molar-refractivity contribution is 5.61. The summed E-state index contributed by atoms with van der Waals surface area (Å²) in [4.78, 5) is 2.55. The molecule has 0 aromatic heterocycles. The van der Waals surface area contributed by atoms with E-state index in [0.29, 0.717) is 6.04 Å². The van der Waals surface area contributed by atoms with Gasteiger partial charge in [0.2, 0.25) is 0 Å². The summed E-state index contributed by atoms with van der Waals surface area (Å²) in [5.41, 5.74) is 2.13. The Morgan fingerprint density at radius 1 is 1.19 bits per heavy atom. The molecule has 116 valence electrons. The number of piperidine rings is 1. The second-order valence-electron chi connectivity index (χ2n) is 6.52. The topological polar surface area (TPSA) is 32.7 Å². The number of hydrogen-bond donors (Lipinski definition) is 1. The number of methoxy groups -OCH3 is 1. The Labute approximate surface area is 127 Å². The SMILES string of the molecule is COc1cccc(N2CCC[C@H]3CCCC[C@H]32)c1[C@@H](C)O. The summed E-state index contributed by atoms with van der Waals surface area (Å²) in [7, 11) is 1.69. The van der Waals surface area contributed by atoms with E-state index in [-0.39, 0.29) is 0 Å². The molecule has 1 aliphatic carbocycles. The third kappa shape index (κ3) is 2.76. The third-order valence-corrected chi connectivity index (χ3v) is 5.23. The second-order valence-corrected chi connectivity index (χ2v) is 6.52. The molecule has 0 spiro atoms. The predicted molar refractivity (Wildman–Crippen MR) is 86.0 cm³/mol. The van der Waals surface area contributed by atoms with Crippen LogP contribution in [0.2, 0.25) is 0 Å². The fraction of sp³-hybridized carbons (Fsp3) is 0.667. The number of hydrogen-bond acceptors (Lipinski definition) is 3. The van der Waals surface area contributed by atoms with Crippen LogP contribution in [0.3, 0.4) is 0 Å². The Bertz CT molecular complexity index is 484.